The van der Waals surface area contributed by atoms with Crippen LogP contribution in [0.15, 0.2) is 36.4 Å². The Labute approximate surface area is 128 Å². The van der Waals surface area contributed by atoms with E-state index in [9.17, 15) is 14.4 Å². The van der Waals surface area contributed by atoms with Crippen molar-refractivity contribution in [1.29, 1.82) is 0 Å². The van der Waals surface area contributed by atoms with E-state index < -0.39 is 11.9 Å². The number of rotatable bonds is 9. The molecule has 22 heavy (non-hydrogen) atoms. The smallest absolute Gasteiger partial charge is 0.331 e. The maximum atomic E-state index is 11.4. The summed E-state index contributed by atoms with van der Waals surface area (Å²) >= 11 is 0. The predicted octanol–water partition coefficient (Wildman–Crippen LogP) is 1.41. The summed E-state index contributed by atoms with van der Waals surface area (Å²) in [5.74, 6) is -1.29. The minimum Gasteiger partial charge on any atom is -0.463 e. The van der Waals surface area contributed by atoms with Crippen LogP contribution in [0.1, 0.15) is 28.8 Å². The van der Waals surface area contributed by atoms with Crippen molar-refractivity contribution in [2.75, 3.05) is 13.2 Å². The van der Waals surface area contributed by atoms with Gasteiger partial charge in [-0.25, -0.2) is 9.59 Å². The van der Waals surface area contributed by atoms with Gasteiger partial charge < -0.3 is 14.6 Å². The minimum absolute atomic E-state index is 0.0491. The third kappa shape index (κ3) is 7.35. The zero-order valence-corrected chi connectivity index (χ0v) is 12.1. The summed E-state index contributed by atoms with van der Waals surface area (Å²) in [7, 11) is 0. The number of hydrogen-bond donors (Lipinski definition) is 1. The average molecular weight is 306 g/mol. The number of benzene rings is 1. The molecule has 0 aliphatic heterocycles. The van der Waals surface area contributed by atoms with Crippen molar-refractivity contribution in [2.45, 2.75) is 19.4 Å². The third-order valence-electron chi connectivity index (χ3n) is 2.65. The van der Waals surface area contributed by atoms with Gasteiger partial charge in [0.2, 0.25) is 0 Å². The molecule has 0 bridgehead atoms. The van der Waals surface area contributed by atoms with Gasteiger partial charge >= 0.3 is 11.9 Å². The lowest BCUT2D eigenvalue weighted by molar-refractivity contribution is -0.141. The van der Waals surface area contributed by atoms with Gasteiger partial charge in [0.1, 0.15) is 12.9 Å². The molecule has 0 saturated heterocycles. The lowest BCUT2D eigenvalue weighted by atomic mass is 10.2. The molecule has 0 amide bonds. The Hall–Kier alpha value is -2.47. The monoisotopic (exact) mass is 306 g/mol. The summed E-state index contributed by atoms with van der Waals surface area (Å²) in [5.41, 5.74) is 1.28. The Morgan fingerprint density at radius 1 is 1.00 bits per heavy atom. The summed E-state index contributed by atoms with van der Waals surface area (Å²) in [6.45, 7) is 0.295. The van der Waals surface area contributed by atoms with Gasteiger partial charge in [0.25, 0.3) is 0 Å². The molecule has 0 aromatic heterocycles. The Balaban J connectivity index is 2.28. The molecule has 6 nitrogen and oxygen atoms in total. The first-order valence-electron chi connectivity index (χ1n) is 6.82. The molecule has 0 aliphatic carbocycles. The second-order valence-corrected chi connectivity index (χ2v) is 4.40. The lowest BCUT2D eigenvalue weighted by Crippen LogP contribution is -2.05. The molecule has 118 valence electrons. The predicted molar refractivity (Wildman–Crippen MR) is 78.0 cm³/mol. The van der Waals surface area contributed by atoms with Crippen LogP contribution in [-0.4, -0.2) is 36.5 Å². The number of hydrogen-bond acceptors (Lipinski definition) is 6. The van der Waals surface area contributed by atoms with Gasteiger partial charge in [0.15, 0.2) is 0 Å². The highest BCUT2D eigenvalue weighted by molar-refractivity contribution is 5.91. The number of aliphatic hydroxyl groups excluding tert-OH is 1. The zero-order chi connectivity index (χ0) is 16.2. The van der Waals surface area contributed by atoms with E-state index in [2.05, 4.69) is 0 Å². The fourth-order valence-corrected chi connectivity index (χ4v) is 1.47. The lowest BCUT2D eigenvalue weighted by Gasteiger charge is -2.02. The van der Waals surface area contributed by atoms with Crippen LogP contribution in [0.5, 0.6) is 0 Å². The first-order chi connectivity index (χ1) is 10.7. The summed E-state index contributed by atoms with van der Waals surface area (Å²) in [5, 5.41) is 8.56. The first kappa shape index (κ1) is 17.6. The number of ether oxygens (including phenoxy) is 2. The largest absolute Gasteiger partial charge is 0.463 e. The van der Waals surface area contributed by atoms with Crippen molar-refractivity contribution in [2.24, 2.45) is 0 Å². The average Bonchev–Trinajstić information content (AvgIpc) is 2.55. The highest BCUT2D eigenvalue weighted by atomic mass is 16.5. The van der Waals surface area contributed by atoms with Gasteiger partial charge in [0, 0.05) is 24.3 Å². The van der Waals surface area contributed by atoms with Gasteiger partial charge in [-0.3, -0.25) is 4.79 Å². The summed E-state index contributed by atoms with van der Waals surface area (Å²) < 4.78 is 9.75. The van der Waals surface area contributed by atoms with Gasteiger partial charge in [-0.1, -0.05) is 24.3 Å². The molecule has 6 heteroatoms. The number of aldehydes is 1. The first-order valence-corrected chi connectivity index (χ1v) is 6.82. The SMILES string of the molecule is O=Cc1ccc(COC(=O)/C=C\C(=O)OCCCCO)cc1. The van der Waals surface area contributed by atoms with E-state index in [1.165, 1.54) is 0 Å². The number of carbonyl (C=O) groups is 3. The Morgan fingerprint density at radius 2 is 1.64 bits per heavy atom. The van der Waals surface area contributed by atoms with Gasteiger partial charge in [-0.05, 0) is 18.4 Å². The topological polar surface area (TPSA) is 89.9 Å². The number of carbonyl (C=O) groups excluding carboxylic acids is 3. The van der Waals surface area contributed by atoms with Crippen LogP contribution in [0.25, 0.3) is 0 Å². The van der Waals surface area contributed by atoms with Crippen molar-refractivity contribution in [3.05, 3.63) is 47.5 Å². The third-order valence-corrected chi connectivity index (χ3v) is 2.65. The van der Waals surface area contributed by atoms with Gasteiger partial charge in [-0.15, -0.1) is 0 Å². The molecule has 0 unspecified atom stereocenters. The second kappa shape index (κ2) is 10.3. The molecule has 0 atom stereocenters. The molecule has 0 saturated carbocycles. The molecule has 0 fully saturated rings. The van der Waals surface area contributed by atoms with Gasteiger partial charge in [0.05, 0.1) is 6.61 Å². The highest BCUT2D eigenvalue weighted by Crippen LogP contribution is 2.04. The van der Waals surface area contributed by atoms with E-state index in [4.69, 9.17) is 14.6 Å². The Bertz CT molecular complexity index is 518. The van der Waals surface area contributed by atoms with E-state index in [0.29, 0.717) is 18.4 Å². The molecule has 0 spiro atoms. The molecule has 0 aliphatic rings. The molecule has 1 N–H and O–H groups in total. The highest BCUT2D eigenvalue weighted by Gasteiger charge is 2.02. The fourth-order valence-electron chi connectivity index (χ4n) is 1.47. The number of esters is 2. The van der Waals surface area contributed by atoms with Crippen LogP contribution >= 0.6 is 0 Å². The van der Waals surface area contributed by atoms with E-state index in [0.717, 1.165) is 24.0 Å². The standard InChI is InChI=1S/C16H18O6/c17-9-1-2-10-21-15(19)7-8-16(20)22-12-14-5-3-13(11-18)4-6-14/h3-8,11,17H,1-2,9-10,12H2/b8-7-. The fraction of sp³-hybridized carbons (Fsp3) is 0.312. The van der Waals surface area contributed by atoms with Crippen LogP contribution < -0.4 is 0 Å². The molecule has 0 radical (unpaired) electrons. The zero-order valence-electron chi connectivity index (χ0n) is 12.1. The van der Waals surface area contributed by atoms with E-state index in [-0.39, 0.29) is 19.8 Å². The van der Waals surface area contributed by atoms with Crippen molar-refractivity contribution in [3.63, 3.8) is 0 Å². The van der Waals surface area contributed by atoms with E-state index in [1.54, 1.807) is 24.3 Å². The Kier molecular flexibility index (Phi) is 8.22. The van der Waals surface area contributed by atoms with Crippen molar-refractivity contribution < 1.29 is 29.0 Å². The summed E-state index contributed by atoms with van der Waals surface area (Å²) in [4.78, 5) is 33.2. The number of unbranched alkanes of at least 4 members (excludes halogenated alkanes) is 1. The van der Waals surface area contributed by atoms with Crippen molar-refractivity contribution in [1.82, 2.24) is 0 Å². The van der Waals surface area contributed by atoms with Crippen molar-refractivity contribution in [3.8, 4) is 0 Å². The molecular formula is C16H18O6. The van der Waals surface area contributed by atoms with Crippen LogP contribution in [-0.2, 0) is 25.7 Å². The molecule has 0 heterocycles. The molecule has 1 aromatic rings. The Morgan fingerprint density at radius 3 is 2.23 bits per heavy atom. The molecule has 1 aromatic carbocycles. The maximum absolute atomic E-state index is 11.4. The van der Waals surface area contributed by atoms with E-state index >= 15 is 0 Å². The summed E-state index contributed by atoms with van der Waals surface area (Å²) in [6.07, 6.45) is 3.84. The molecular weight excluding hydrogens is 288 g/mol. The van der Waals surface area contributed by atoms with E-state index in [1.807, 2.05) is 0 Å². The van der Waals surface area contributed by atoms with Crippen LogP contribution in [0, 0.1) is 0 Å². The number of aliphatic hydroxyl groups is 1. The maximum Gasteiger partial charge on any atom is 0.331 e. The van der Waals surface area contributed by atoms with Crippen LogP contribution in [0.3, 0.4) is 0 Å². The normalized spacial score (nSPS) is 10.4. The minimum atomic E-state index is -0.660. The van der Waals surface area contributed by atoms with Crippen LogP contribution in [0.4, 0.5) is 0 Å². The second-order valence-electron chi connectivity index (χ2n) is 4.40. The van der Waals surface area contributed by atoms with Gasteiger partial charge in [-0.2, -0.15) is 0 Å². The summed E-state index contributed by atoms with van der Waals surface area (Å²) in [6, 6.07) is 6.60. The molecule has 1 rings (SSSR count). The van der Waals surface area contributed by atoms with Crippen molar-refractivity contribution >= 4 is 18.2 Å². The van der Waals surface area contributed by atoms with Crippen LogP contribution in [0.2, 0.25) is 0 Å². The quantitative estimate of drug-likeness (QED) is 0.321.